The lowest BCUT2D eigenvalue weighted by Gasteiger charge is -2.44. The van der Waals surface area contributed by atoms with Crippen molar-refractivity contribution in [1.29, 1.82) is 0 Å². The molecule has 214 valence electrons. The maximum atomic E-state index is 6.65. The number of rotatable bonds is 13. The smallest absolute Gasteiger partial charge is 0.172 e. The van der Waals surface area contributed by atoms with Crippen LogP contribution in [0.1, 0.15) is 48.8 Å². The van der Waals surface area contributed by atoms with Gasteiger partial charge in [0.1, 0.15) is 18.3 Å². The molecule has 2 aliphatic rings. The number of benzene rings is 3. The minimum Gasteiger partial charge on any atom is -0.374 e. The Hall–Kier alpha value is -1.81. The zero-order chi connectivity index (χ0) is 27.4. The number of hydrogen-bond donors (Lipinski definition) is 0. The van der Waals surface area contributed by atoms with Crippen LogP contribution >= 0.6 is 22.6 Å². The topological polar surface area (TPSA) is 46.2 Å². The Kier molecular flexibility index (Phi) is 11.9. The van der Waals surface area contributed by atoms with E-state index < -0.39 is 0 Å². The second kappa shape index (κ2) is 16.0. The van der Waals surface area contributed by atoms with Gasteiger partial charge in [0, 0.05) is 0 Å². The van der Waals surface area contributed by atoms with Crippen molar-refractivity contribution in [3.63, 3.8) is 0 Å². The molecule has 1 saturated carbocycles. The summed E-state index contributed by atoms with van der Waals surface area (Å²) < 4.78 is 32.6. The van der Waals surface area contributed by atoms with Gasteiger partial charge in [-0.05, 0) is 35.4 Å². The van der Waals surface area contributed by atoms with E-state index in [0.29, 0.717) is 32.3 Å². The van der Waals surface area contributed by atoms with Gasteiger partial charge in [-0.25, -0.2) is 0 Å². The lowest BCUT2D eigenvalue weighted by molar-refractivity contribution is -0.274. The summed E-state index contributed by atoms with van der Waals surface area (Å²) in [6.45, 7) is 2.62. The summed E-state index contributed by atoms with van der Waals surface area (Å²) in [6, 6.07) is 30.8. The molecule has 0 unspecified atom stereocenters. The van der Waals surface area contributed by atoms with Crippen molar-refractivity contribution in [1.82, 2.24) is 0 Å². The molecular formula is C34H41IO5. The molecule has 2 fully saturated rings. The first-order chi connectivity index (χ1) is 19.8. The molecule has 3 aromatic rings. The van der Waals surface area contributed by atoms with Crippen LogP contribution < -0.4 is 0 Å². The highest BCUT2D eigenvalue weighted by molar-refractivity contribution is 14.1. The molecule has 1 aliphatic heterocycles. The Bertz CT molecular complexity index is 1090. The van der Waals surface area contributed by atoms with Crippen molar-refractivity contribution >= 4 is 22.6 Å². The van der Waals surface area contributed by atoms with Gasteiger partial charge >= 0.3 is 0 Å². The van der Waals surface area contributed by atoms with E-state index in [4.69, 9.17) is 23.7 Å². The zero-order valence-electron chi connectivity index (χ0n) is 23.1. The molecule has 0 N–H and O–H groups in total. The maximum Gasteiger partial charge on any atom is 0.172 e. The fourth-order valence-electron chi connectivity index (χ4n) is 5.51. The second-order valence-electron chi connectivity index (χ2n) is 10.8. The molecule has 3 aromatic carbocycles. The Morgan fingerprint density at radius 1 is 0.600 bits per heavy atom. The van der Waals surface area contributed by atoms with Crippen LogP contribution in [0, 0.1) is 5.92 Å². The Morgan fingerprint density at radius 2 is 1.12 bits per heavy atom. The highest BCUT2D eigenvalue weighted by Gasteiger charge is 2.47. The molecule has 0 aromatic heterocycles. The summed E-state index contributed by atoms with van der Waals surface area (Å²) in [5.41, 5.74) is 3.39. The van der Waals surface area contributed by atoms with Crippen LogP contribution in [-0.2, 0) is 43.5 Å². The van der Waals surface area contributed by atoms with Crippen molar-refractivity contribution in [2.75, 3.05) is 13.2 Å². The molecule has 0 bridgehead atoms. The van der Waals surface area contributed by atoms with E-state index in [1.807, 2.05) is 54.6 Å². The molecule has 1 heterocycles. The first-order valence-electron chi connectivity index (χ1n) is 14.6. The lowest BCUT2D eigenvalue weighted by atomic mass is 9.90. The first kappa shape index (κ1) is 29.7. The van der Waals surface area contributed by atoms with Gasteiger partial charge in [0.2, 0.25) is 0 Å². The fraction of sp³-hybridized carbons (Fsp3) is 0.471. The SMILES string of the molecule is I[C@@H]1[C@@H](OCC2CCCCC2)O[C@H](COCc2ccccc2)[C@@H](OCc2ccccc2)[C@@H]1OCc1ccccc1. The van der Waals surface area contributed by atoms with Crippen molar-refractivity contribution in [3.05, 3.63) is 108 Å². The van der Waals surface area contributed by atoms with Gasteiger partial charge in [-0.15, -0.1) is 0 Å². The van der Waals surface area contributed by atoms with Crippen LogP contribution in [0.4, 0.5) is 0 Å². The Labute approximate surface area is 252 Å². The maximum absolute atomic E-state index is 6.65. The van der Waals surface area contributed by atoms with E-state index in [-0.39, 0.29) is 28.5 Å². The quantitative estimate of drug-likeness (QED) is 0.141. The van der Waals surface area contributed by atoms with Crippen LogP contribution in [0.25, 0.3) is 0 Å². The molecule has 1 aliphatic carbocycles. The van der Waals surface area contributed by atoms with Gasteiger partial charge in [0.15, 0.2) is 6.29 Å². The molecule has 5 rings (SSSR count). The zero-order valence-corrected chi connectivity index (χ0v) is 25.3. The Morgan fingerprint density at radius 3 is 1.70 bits per heavy atom. The summed E-state index contributed by atoms with van der Waals surface area (Å²) >= 11 is 2.45. The molecule has 40 heavy (non-hydrogen) atoms. The minimum atomic E-state index is -0.384. The second-order valence-corrected chi connectivity index (χ2v) is 12.3. The average Bonchev–Trinajstić information content (AvgIpc) is 3.01. The molecule has 0 spiro atoms. The highest BCUT2D eigenvalue weighted by atomic mass is 127. The first-order valence-corrected chi connectivity index (χ1v) is 15.8. The van der Waals surface area contributed by atoms with Crippen LogP contribution in [0.2, 0.25) is 0 Å². The number of ether oxygens (including phenoxy) is 5. The highest BCUT2D eigenvalue weighted by Crippen LogP contribution is 2.34. The van der Waals surface area contributed by atoms with Gasteiger partial charge in [-0.2, -0.15) is 0 Å². The third kappa shape index (κ3) is 8.84. The summed E-state index contributed by atoms with van der Waals surface area (Å²) in [5, 5.41) is 0. The van der Waals surface area contributed by atoms with Gasteiger partial charge in [-0.1, -0.05) is 133 Å². The molecule has 1 saturated heterocycles. The van der Waals surface area contributed by atoms with E-state index in [1.54, 1.807) is 0 Å². The molecule has 0 amide bonds. The van der Waals surface area contributed by atoms with E-state index in [2.05, 4.69) is 59.0 Å². The lowest BCUT2D eigenvalue weighted by Crippen LogP contribution is -2.59. The average molecular weight is 657 g/mol. The van der Waals surface area contributed by atoms with E-state index in [0.717, 1.165) is 23.3 Å². The van der Waals surface area contributed by atoms with Crippen LogP contribution in [0.5, 0.6) is 0 Å². The molecule has 5 nitrogen and oxygen atoms in total. The molecule has 6 heteroatoms. The van der Waals surface area contributed by atoms with E-state index >= 15 is 0 Å². The standard InChI is InChI=1S/C34H41IO5/c35-31-33(38-23-28-17-9-3-10-18-28)32(37-22-27-15-7-2-8-16-27)30(25-36-21-26-13-5-1-6-14-26)40-34(31)39-24-29-19-11-4-12-20-29/h1-3,5-10,13-18,29-34H,4,11-12,19-25H2/t30-,31+,32-,33-,34+/m1/s1. The van der Waals surface area contributed by atoms with Crippen LogP contribution in [0.3, 0.4) is 0 Å². The summed E-state index contributed by atoms with van der Waals surface area (Å²) in [5.74, 6) is 0.601. The number of alkyl halides is 1. The third-order valence-electron chi connectivity index (χ3n) is 7.76. The molecule has 5 atom stereocenters. The van der Waals surface area contributed by atoms with Gasteiger partial charge in [-0.3, -0.25) is 0 Å². The minimum absolute atomic E-state index is 0.0314. The normalized spacial score (nSPS) is 25.6. The van der Waals surface area contributed by atoms with Gasteiger partial charge < -0.3 is 23.7 Å². The van der Waals surface area contributed by atoms with Crippen molar-refractivity contribution < 1.29 is 23.7 Å². The van der Waals surface area contributed by atoms with Crippen molar-refractivity contribution in [2.24, 2.45) is 5.92 Å². The van der Waals surface area contributed by atoms with Gasteiger partial charge in [0.25, 0.3) is 0 Å². The predicted octanol–water partition coefficient (Wildman–Crippen LogP) is 7.50. The van der Waals surface area contributed by atoms with E-state index in [1.165, 1.54) is 32.1 Å². The molecular weight excluding hydrogens is 615 g/mol. The van der Waals surface area contributed by atoms with Gasteiger partial charge in [0.05, 0.1) is 37.0 Å². The van der Waals surface area contributed by atoms with Crippen LogP contribution in [-0.4, -0.2) is 41.7 Å². The monoisotopic (exact) mass is 656 g/mol. The fourth-order valence-corrected chi connectivity index (χ4v) is 6.51. The summed E-state index contributed by atoms with van der Waals surface area (Å²) in [7, 11) is 0. The Balaban J connectivity index is 1.32. The largest absolute Gasteiger partial charge is 0.374 e. The van der Waals surface area contributed by atoms with E-state index in [9.17, 15) is 0 Å². The summed E-state index contributed by atoms with van der Waals surface area (Å²) in [4.78, 5) is 0. The van der Waals surface area contributed by atoms with Crippen LogP contribution in [0.15, 0.2) is 91.0 Å². The summed E-state index contributed by atoms with van der Waals surface area (Å²) in [6.07, 6.45) is 5.15. The molecule has 0 radical (unpaired) electrons. The predicted molar refractivity (Wildman–Crippen MR) is 165 cm³/mol. The number of halogens is 1. The van der Waals surface area contributed by atoms with Crippen molar-refractivity contribution in [3.8, 4) is 0 Å². The third-order valence-corrected chi connectivity index (χ3v) is 9.05. The van der Waals surface area contributed by atoms with Crippen molar-refractivity contribution in [2.45, 2.75) is 80.5 Å². The number of hydrogen-bond acceptors (Lipinski definition) is 5.